The maximum atomic E-state index is 12.5. The van der Waals surface area contributed by atoms with Gasteiger partial charge in [0.05, 0.1) is 18.2 Å². The standard InChI is InChI=1S/C23H31N7O3/c1-15(20(31)14-29(3)16(2)21(32)17-9-6-5-7-10-17)24-23(33)25-19-12-8-11-18(13-19)22-26-27-28-30(22)4/h5-13,15-16,20-21,31-32H,14H2,1-4H3,(H2,24,25,33)/t15-,16-,20+,21+/m1/s1. The number of likely N-dealkylation sites (N-methyl/N-ethyl adjacent to an activating group) is 1. The summed E-state index contributed by atoms with van der Waals surface area (Å²) < 4.78 is 1.55. The first-order valence-corrected chi connectivity index (χ1v) is 10.8. The normalized spacial score (nSPS) is 15.0. The van der Waals surface area contributed by atoms with Gasteiger partial charge >= 0.3 is 6.03 Å². The number of nitrogens with zero attached hydrogens (tertiary/aromatic N) is 5. The molecule has 0 aliphatic carbocycles. The lowest BCUT2D eigenvalue weighted by molar-refractivity contribution is 0.0332. The lowest BCUT2D eigenvalue weighted by Gasteiger charge is -2.32. The molecule has 3 aromatic rings. The van der Waals surface area contributed by atoms with E-state index in [4.69, 9.17) is 0 Å². The molecule has 33 heavy (non-hydrogen) atoms. The second-order valence-corrected chi connectivity index (χ2v) is 8.20. The van der Waals surface area contributed by atoms with Crippen LogP contribution in [0.25, 0.3) is 11.4 Å². The molecule has 0 saturated carbocycles. The van der Waals surface area contributed by atoms with Crippen LogP contribution in [-0.2, 0) is 7.05 Å². The Morgan fingerprint density at radius 3 is 2.52 bits per heavy atom. The van der Waals surface area contributed by atoms with Gasteiger partial charge in [-0.15, -0.1) is 5.10 Å². The number of aromatic nitrogens is 4. The monoisotopic (exact) mass is 453 g/mol. The Morgan fingerprint density at radius 1 is 1.12 bits per heavy atom. The van der Waals surface area contributed by atoms with Gasteiger partial charge in [-0.2, -0.15) is 0 Å². The van der Waals surface area contributed by atoms with Gasteiger partial charge in [0.25, 0.3) is 0 Å². The summed E-state index contributed by atoms with van der Waals surface area (Å²) in [4.78, 5) is 14.3. The molecule has 0 aliphatic heterocycles. The van der Waals surface area contributed by atoms with Crippen molar-refractivity contribution in [2.75, 3.05) is 18.9 Å². The molecule has 0 radical (unpaired) electrons. The van der Waals surface area contributed by atoms with Crippen LogP contribution in [0.3, 0.4) is 0 Å². The van der Waals surface area contributed by atoms with E-state index >= 15 is 0 Å². The summed E-state index contributed by atoms with van der Waals surface area (Å²) in [5, 5.41) is 38.2. The van der Waals surface area contributed by atoms with E-state index in [1.165, 1.54) is 0 Å². The van der Waals surface area contributed by atoms with Crippen molar-refractivity contribution in [3.63, 3.8) is 0 Å². The first kappa shape index (κ1) is 24.3. The third-order valence-corrected chi connectivity index (χ3v) is 5.70. The van der Waals surface area contributed by atoms with Crippen LogP contribution in [0.5, 0.6) is 0 Å². The van der Waals surface area contributed by atoms with Crippen molar-refractivity contribution in [1.82, 2.24) is 30.4 Å². The van der Waals surface area contributed by atoms with Gasteiger partial charge in [-0.05, 0) is 49.0 Å². The summed E-state index contributed by atoms with van der Waals surface area (Å²) in [6, 6.07) is 15.4. The zero-order valence-corrected chi connectivity index (χ0v) is 19.3. The van der Waals surface area contributed by atoms with Crippen LogP contribution in [0.2, 0.25) is 0 Å². The Labute approximate surface area is 193 Å². The predicted molar refractivity (Wildman–Crippen MR) is 125 cm³/mol. The van der Waals surface area contributed by atoms with Crippen molar-refractivity contribution in [2.45, 2.75) is 38.1 Å². The predicted octanol–water partition coefficient (Wildman–Crippen LogP) is 1.80. The Kier molecular flexibility index (Phi) is 8.10. The number of urea groups is 1. The zero-order chi connectivity index (χ0) is 24.0. The number of aliphatic hydroxyl groups excluding tert-OH is 2. The maximum absolute atomic E-state index is 12.5. The minimum absolute atomic E-state index is 0.221. The van der Waals surface area contributed by atoms with Gasteiger partial charge in [0.15, 0.2) is 5.82 Å². The Hall–Kier alpha value is -3.34. The topological polar surface area (TPSA) is 128 Å². The summed E-state index contributed by atoms with van der Waals surface area (Å²) in [5.74, 6) is 0.581. The SMILES string of the molecule is C[C@H]([C@H](O)c1ccccc1)N(C)C[C@H](O)[C@@H](C)NC(=O)Nc1cccc(-c2nnnn2C)c1. The van der Waals surface area contributed by atoms with Crippen molar-refractivity contribution >= 4 is 11.7 Å². The fraction of sp³-hybridized carbons (Fsp3) is 0.391. The summed E-state index contributed by atoms with van der Waals surface area (Å²) in [7, 11) is 3.57. The second kappa shape index (κ2) is 11.0. The summed E-state index contributed by atoms with van der Waals surface area (Å²) in [6.07, 6.45) is -1.52. The molecule has 3 rings (SSSR count). The number of carbonyl (C=O) groups excluding carboxylic acids is 1. The molecular weight excluding hydrogens is 422 g/mol. The number of anilines is 1. The number of rotatable bonds is 9. The average Bonchev–Trinajstić information content (AvgIpc) is 3.24. The summed E-state index contributed by atoms with van der Waals surface area (Å²) in [5.41, 5.74) is 2.16. The van der Waals surface area contributed by atoms with Gasteiger partial charge in [0, 0.05) is 30.9 Å². The first-order chi connectivity index (χ1) is 15.8. The fourth-order valence-electron chi connectivity index (χ4n) is 3.47. The van der Waals surface area contributed by atoms with E-state index in [-0.39, 0.29) is 12.6 Å². The molecule has 4 N–H and O–H groups in total. The van der Waals surface area contributed by atoms with E-state index in [0.29, 0.717) is 11.5 Å². The molecular formula is C23H31N7O3. The quantitative estimate of drug-likeness (QED) is 0.389. The average molecular weight is 454 g/mol. The molecule has 2 amide bonds. The van der Waals surface area contributed by atoms with E-state index < -0.39 is 24.3 Å². The molecule has 1 aromatic heterocycles. The van der Waals surface area contributed by atoms with Crippen LogP contribution in [-0.4, -0.2) is 73.1 Å². The molecule has 1 heterocycles. The smallest absolute Gasteiger partial charge is 0.319 e. The maximum Gasteiger partial charge on any atom is 0.319 e. The Morgan fingerprint density at radius 2 is 1.85 bits per heavy atom. The third-order valence-electron chi connectivity index (χ3n) is 5.70. The van der Waals surface area contributed by atoms with Crippen molar-refractivity contribution in [1.29, 1.82) is 0 Å². The molecule has 0 bridgehead atoms. The van der Waals surface area contributed by atoms with Gasteiger partial charge < -0.3 is 20.8 Å². The molecule has 0 spiro atoms. The first-order valence-electron chi connectivity index (χ1n) is 10.8. The zero-order valence-electron chi connectivity index (χ0n) is 19.3. The number of carbonyl (C=O) groups is 1. The van der Waals surface area contributed by atoms with Crippen molar-refractivity contribution < 1.29 is 15.0 Å². The number of aryl methyl sites for hydroxylation is 1. The van der Waals surface area contributed by atoms with Gasteiger partial charge in [-0.25, -0.2) is 9.48 Å². The molecule has 10 nitrogen and oxygen atoms in total. The number of benzene rings is 2. The number of amides is 2. The van der Waals surface area contributed by atoms with Crippen LogP contribution >= 0.6 is 0 Å². The highest BCUT2D eigenvalue weighted by molar-refractivity contribution is 5.90. The second-order valence-electron chi connectivity index (χ2n) is 8.20. The van der Waals surface area contributed by atoms with Crippen molar-refractivity contribution in [2.24, 2.45) is 7.05 Å². The molecule has 10 heteroatoms. The van der Waals surface area contributed by atoms with Crippen LogP contribution < -0.4 is 10.6 Å². The Bertz CT molecular complexity index is 1040. The number of aliphatic hydroxyl groups is 2. The molecule has 0 saturated heterocycles. The number of hydrogen-bond acceptors (Lipinski definition) is 7. The third kappa shape index (κ3) is 6.35. The largest absolute Gasteiger partial charge is 0.390 e. The van der Waals surface area contributed by atoms with Crippen LogP contribution in [0, 0.1) is 0 Å². The van der Waals surface area contributed by atoms with Gasteiger partial charge in [0.2, 0.25) is 0 Å². The molecule has 0 aliphatic rings. The van der Waals surface area contributed by atoms with E-state index in [0.717, 1.165) is 11.1 Å². The highest BCUT2D eigenvalue weighted by Crippen LogP contribution is 2.21. The van der Waals surface area contributed by atoms with E-state index in [2.05, 4.69) is 26.2 Å². The van der Waals surface area contributed by atoms with Crippen LogP contribution in [0.15, 0.2) is 54.6 Å². The van der Waals surface area contributed by atoms with Gasteiger partial charge in [-0.3, -0.25) is 4.90 Å². The molecule has 2 aromatic carbocycles. The number of nitrogens with one attached hydrogen (secondary N) is 2. The highest BCUT2D eigenvalue weighted by atomic mass is 16.3. The molecule has 0 unspecified atom stereocenters. The van der Waals surface area contributed by atoms with E-state index in [1.807, 2.05) is 55.3 Å². The van der Waals surface area contributed by atoms with Gasteiger partial charge in [-0.1, -0.05) is 42.5 Å². The molecule has 0 fully saturated rings. The summed E-state index contributed by atoms with van der Waals surface area (Å²) >= 11 is 0. The number of hydrogen-bond donors (Lipinski definition) is 4. The van der Waals surface area contributed by atoms with E-state index in [9.17, 15) is 15.0 Å². The van der Waals surface area contributed by atoms with Crippen molar-refractivity contribution in [3.8, 4) is 11.4 Å². The van der Waals surface area contributed by atoms with E-state index in [1.54, 1.807) is 36.9 Å². The van der Waals surface area contributed by atoms with Crippen LogP contribution in [0.1, 0.15) is 25.5 Å². The van der Waals surface area contributed by atoms with Crippen LogP contribution in [0.4, 0.5) is 10.5 Å². The summed E-state index contributed by atoms with van der Waals surface area (Å²) in [6.45, 7) is 3.91. The lowest BCUT2D eigenvalue weighted by atomic mass is 10.0. The minimum atomic E-state index is -0.831. The molecule has 4 atom stereocenters. The lowest BCUT2D eigenvalue weighted by Crippen LogP contribution is -2.49. The highest BCUT2D eigenvalue weighted by Gasteiger charge is 2.25. The number of tetrazole rings is 1. The fourth-order valence-corrected chi connectivity index (χ4v) is 3.47. The molecule has 176 valence electrons. The van der Waals surface area contributed by atoms with Crippen molar-refractivity contribution in [3.05, 3.63) is 60.2 Å². The van der Waals surface area contributed by atoms with Gasteiger partial charge in [0.1, 0.15) is 0 Å². The Balaban J connectivity index is 1.52. The minimum Gasteiger partial charge on any atom is -0.390 e.